The summed E-state index contributed by atoms with van der Waals surface area (Å²) in [5.41, 5.74) is 2.74. The summed E-state index contributed by atoms with van der Waals surface area (Å²) in [6.45, 7) is 5.45. The van der Waals surface area contributed by atoms with Gasteiger partial charge in [0.2, 0.25) is 0 Å². The zero-order valence-electron chi connectivity index (χ0n) is 15.5. The van der Waals surface area contributed by atoms with Gasteiger partial charge in [-0.1, -0.05) is 65.9 Å². The first kappa shape index (κ1) is 17.8. The molecule has 1 aliphatic heterocycles. The highest BCUT2D eigenvalue weighted by Crippen LogP contribution is 2.29. The molecule has 1 saturated heterocycles. The van der Waals surface area contributed by atoms with E-state index in [9.17, 15) is 0 Å². The van der Waals surface area contributed by atoms with Crippen LogP contribution in [0.25, 0.3) is 0 Å². The fourth-order valence-electron chi connectivity index (χ4n) is 3.88. The number of tetrazole rings is 1. The first-order valence-electron chi connectivity index (χ1n) is 9.69. The maximum absolute atomic E-state index is 4.03. The van der Waals surface area contributed by atoms with Gasteiger partial charge in [-0.25, -0.2) is 0 Å². The molecule has 1 fully saturated rings. The molecular formula is C21H26N6. The molecule has 0 bridgehead atoms. The summed E-state index contributed by atoms with van der Waals surface area (Å²) in [7, 11) is 0. The number of aromatic amines is 1. The van der Waals surface area contributed by atoms with Crippen molar-refractivity contribution in [1.82, 2.24) is 30.4 Å². The van der Waals surface area contributed by atoms with Crippen LogP contribution in [0.4, 0.5) is 0 Å². The normalized spacial score (nSPS) is 16.0. The van der Waals surface area contributed by atoms with Crippen molar-refractivity contribution in [2.24, 2.45) is 0 Å². The van der Waals surface area contributed by atoms with Crippen LogP contribution in [0.5, 0.6) is 0 Å². The number of H-pyrrole nitrogens is 1. The van der Waals surface area contributed by atoms with Crippen molar-refractivity contribution in [3.05, 3.63) is 77.6 Å². The first-order valence-corrected chi connectivity index (χ1v) is 9.69. The molecule has 1 aromatic heterocycles. The van der Waals surface area contributed by atoms with E-state index in [4.69, 9.17) is 0 Å². The van der Waals surface area contributed by atoms with Gasteiger partial charge in [-0.15, -0.1) is 10.2 Å². The Morgan fingerprint density at radius 2 is 1.48 bits per heavy atom. The van der Waals surface area contributed by atoms with Crippen molar-refractivity contribution in [2.75, 3.05) is 32.7 Å². The molecule has 3 aromatic rings. The van der Waals surface area contributed by atoms with Crippen molar-refractivity contribution in [1.29, 1.82) is 0 Å². The van der Waals surface area contributed by atoms with Gasteiger partial charge in [0.15, 0.2) is 5.82 Å². The molecule has 1 N–H and O–H groups in total. The Labute approximate surface area is 160 Å². The second kappa shape index (κ2) is 8.88. The van der Waals surface area contributed by atoms with Gasteiger partial charge in [0.25, 0.3) is 0 Å². The molecule has 27 heavy (non-hydrogen) atoms. The molecule has 0 amide bonds. The largest absolute Gasteiger partial charge is 0.301 e. The summed E-state index contributed by atoms with van der Waals surface area (Å²) < 4.78 is 0. The molecule has 6 heteroatoms. The molecule has 0 aliphatic carbocycles. The molecule has 0 unspecified atom stereocenters. The fourth-order valence-corrected chi connectivity index (χ4v) is 3.88. The summed E-state index contributed by atoms with van der Waals surface area (Å²) in [5.74, 6) is 0.807. The Balaban J connectivity index is 1.37. The van der Waals surface area contributed by atoms with Gasteiger partial charge in [0, 0.05) is 32.6 Å². The van der Waals surface area contributed by atoms with Crippen LogP contribution < -0.4 is 0 Å². The Hall–Kier alpha value is -2.57. The number of benzene rings is 2. The van der Waals surface area contributed by atoms with Gasteiger partial charge >= 0.3 is 0 Å². The Morgan fingerprint density at radius 1 is 0.852 bits per heavy atom. The van der Waals surface area contributed by atoms with Crippen molar-refractivity contribution in [3.8, 4) is 0 Å². The van der Waals surface area contributed by atoms with E-state index < -0.39 is 0 Å². The quantitative estimate of drug-likeness (QED) is 0.700. The average Bonchev–Trinajstić information content (AvgIpc) is 3.25. The minimum Gasteiger partial charge on any atom is -0.301 e. The number of hydrogen-bond acceptors (Lipinski definition) is 5. The monoisotopic (exact) mass is 362 g/mol. The molecular weight excluding hydrogens is 336 g/mol. The molecule has 4 rings (SSSR count). The lowest BCUT2D eigenvalue weighted by molar-refractivity contribution is 0.108. The Kier molecular flexibility index (Phi) is 5.86. The number of aromatic nitrogens is 4. The van der Waals surface area contributed by atoms with Gasteiger partial charge in [0.05, 0.1) is 6.04 Å². The van der Waals surface area contributed by atoms with Gasteiger partial charge in [0.1, 0.15) is 0 Å². The predicted molar refractivity (Wildman–Crippen MR) is 105 cm³/mol. The van der Waals surface area contributed by atoms with Crippen LogP contribution in [0, 0.1) is 0 Å². The highest BCUT2D eigenvalue weighted by atomic mass is 15.5. The zero-order valence-corrected chi connectivity index (χ0v) is 15.5. The number of nitrogens with zero attached hydrogens (tertiary/aromatic N) is 5. The van der Waals surface area contributed by atoms with E-state index in [1.807, 2.05) is 0 Å². The van der Waals surface area contributed by atoms with E-state index >= 15 is 0 Å². The molecule has 0 saturated carbocycles. The van der Waals surface area contributed by atoms with Crippen LogP contribution in [-0.2, 0) is 6.42 Å². The highest BCUT2D eigenvalue weighted by Gasteiger charge is 2.26. The van der Waals surface area contributed by atoms with Crippen LogP contribution in [0.1, 0.15) is 29.4 Å². The van der Waals surface area contributed by atoms with Gasteiger partial charge < -0.3 is 4.90 Å². The molecule has 0 atom stereocenters. The topological polar surface area (TPSA) is 60.9 Å². The number of rotatable bonds is 7. The van der Waals surface area contributed by atoms with Gasteiger partial charge in [-0.3, -0.25) is 4.90 Å². The molecule has 140 valence electrons. The lowest BCUT2D eigenvalue weighted by Crippen LogP contribution is -2.48. The molecule has 0 radical (unpaired) electrons. The van der Waals surface area contributed by atoms with E-state index in [2.05, 4.69) is 91.1 Å². The van der Waals surface area contributed by atoms with Crippen LogP contribution in [0.2, 0.25) is 0 Å². The number of hydrogen-bond donors (Lipinski definition) is 1. The third kappa shape index (κ3) is 4.59. The maximum atomic E-state index is 4.03. The van der Waals surface area contributed by atoms with Crippen LogP contribution in [0.15, 0.2) is 60.7 Å². The Morgan fingerprint density at radius 3 is 2.04 bits per heavy atom. The first-order chi connectivity index (χ1) is 13.4. The average molecular weight is 362 g/mol. The van der Waals surface area contributed by atoms with E-state index in [0.717, 1.165) is 51.4 Å². The highest BCUT2D eigenvalue weighted by molar-refractivity contribution is 5.31. The molecule has 0 spiro atoms. The SMILES string of the molecule is c1ccc(C(c2ccccc2)N2CCN(CCCc3nn[nH]n3)CC2)cc1. The standard InChI is InChI=1S/C21H26N6/c1-3-8-18(9-4-1)21(19-10-5-2-6-11-19)27-16-14-26(15-17-27)13-7-12-20-22-24-25-23-20/h1-6,8-11,21H,7,12-17H2,(H,22,23,24,25). The van der Waals surface area contributed by atoms with Crippen LogP contribution >= 0.6 is 0 Å². The Bertz CT molecular complexity index is 743. The van der Waals surface area contributed by atoms with Crippen molar-refractivity contribution in [2.45, 2.75) is 18.9 Å². The second-order valence-corrected chi connectivity index (χ2v) is 7.03. The summed E-state index contributed by atoms with van der Waals surface area (Å²) in [5, 5.41) is 14.2. The summed E-state index contributed by atoms with van der Waals surface area (Å²) in [4.78, 5) is 5.16. The van der Waals surface area contributed by atoms with E-state index in [-0.39, 0.29) is 0 Å². The summed E-state index contributed by atoms with van der Waals surface area (Å²) in [6, 6.07) is 22.0. The summed E-state index contributed by atoms with van der Waals surface area (Å²) >= 11 is 0. The lowest BCUT2D eigenvalue weighted by atomic mass is 9.96. The number of nitrogens with one attached hydrogen (secondary N) is 1. The van der Waals surface area contributed by atoms with Gasteiger partial charge in [-0.05, 0) is 24.1 Å². The predicted octanol–water partition coefficient (Wildman–Crippen LogP) is 2.54. The molecule has 6 nitrogen and oxygen atoms in total. The minimum atomic E-state index is 0.328. The van der Waals surface area contributed by atoms with Crippen molar-refractivity contribution < 1.29 is 0 Å². The fraction of sp³-hybridized carbons (Fsp3) is 0.381. The smallest absolute Gasteiger partial charge is 0.174 e. The van der Waals surface area contributed by atoms with Crippen LogP contribution in [0.3, 0.4) is 0 Å². The van der Waals surface area contributed by atoms with E-state index in [0.29, 0.717) is 6.04 Å². The third-order valence-corrected chi connectivity index (χ3v) is 5.27. The maximum Gasteiger partial charge on any atom is 0.174 e. The minimum absolute atomic E-state index is 0.328. The molecule has 2 heterocycles. The lowest BCUT2D eigenvalue weighted by Gasteiger charge is -2.39. The van der Waals surface area contributed by atoms with Crippen molar-refractivity contribution >= 4 is 0 Å². The van der Waals surface area contributed by atoms with E-state index in [1.54, 1.807) is 0 Å². The van der Waals surface area contributed by atoms with Crippen LogP contribution in [-0.4, -0.2) is 63.1 Å². The van der Waals surface area contributed by atoms with Crippen molar-refractivity contribution in [3.63, 3.8) is 0 Å². The number of piperazine rings is 1. The van der Waals surface area contributed by atoms with Gasteiger partial charge in [-0.2, -0.15) is 5.21 Å². The molecule has 2 aromatic carbocycles. The molecule has 1 aliphatic rings. The third-order valence-electron chi connectivity index (χ3n) is 5.27. The second-order valence-electron chi connectivity index (χ2n) is 7.03. The summed E-state index contributed by atoms with van der Waals surface area (Å²) in [6.07, 6.45) is 1.95. The zero-order chi connectivity index (χ0) is 18.3. The van der Waals surface area contributed by atoms with E-state index in [1.165, 1.54) is 11.1 Å². The number of aryl methyl sites for hydroxylation is 1.